The van der Waals surface area contributed by atoms with Gasteiger partial charge in [0.1, 0.15) is 6.54 Å². The van der Waals surface area contributed by atoms with Crippen LogP contribution >= 0.6 is 0 Å². The van der Waals surface area contributed by atoms with Crippen molar-refractivity contribution < 1.29 is 9.59 Å². The molecule has 1 atom stereocenters. The van der Waals surface area contributed by atoms with Crippen molar-refractivity contribution in [3.05, 3.63) is 47.8 Å². The van der Waals surface area contributed by atoms with Crippen LogP contribution in [0.2, 0.25) is 0 Å². The van der Waals surface area contributed by atoms with Crippen molar-refractivity contribution in [2.24, 2.45) is 0 Å². The normalized spacial score (nSPS) is 16.5. The summed E-state index contributed by atoms with van der Waals surface area (Å²) in [7, 11) is 0. The summed E-state index contributed by atoms with van der Waals surface area (Å²) >= 11 is 0. The molecule has 1 unspecified atom stereocenters. The number of nitrogens with zero attached hydrogens (tertiary/aromatic N) is 4. The molecule has 1 aliphatic heterocycles. The molecular formula is C17H21N5O2. The van der Waals surface area contributed by atoms with E-state index in [9.17, 15) is 9.59 Å². The summed E-state index contributed by atoms with van der Waals surface area (Å²) in [5.41, 5.74) is 2.34. The molecule has 0 bridgehead atoms. The third kappa shape index (κ3) is 3.45. The van der Waals surface area contributed by atoms with Gasteiger partial charge in [-0.05, 0) is 17.5 Å². The largest absolute Gasteiger partial charge is 0.354 e. The van der Waals surface area contributed by atoms with E-state index >= 15 is 0 Å². The highest BCUT2D eigenvalue weighted by Gasteiger charge is 2.30. The number of amides is 2. The van der Waals surface area contributed by atoms with Gasteiger partial charge in [0.05, 0.1) is 12.2 Å². The van der Waals surface area contributed by atoms with Gasteiger partial charge in [-0.1, -0.05) is 36.4 Å². The highest BCUT2D eigenvalue weighted by molar-refractivity contribution is 5.78. The maximum atomic E-state index is 12.7. The summed E-state index contributed by atoms with van der Waals surface area (Å²) < 4.78 is 1.52. The Morgan fingerprint density at radius 3 is 2.92 bits per heavy atom. The summed E-state index contributed by atoms with van der Waals surface area (Å²) in [4.78, 5) is 26.2. The number of hydrogen-bond acceptors (Lipinski definition) is 4. The van der Waals surface area contributed by atoms with E-state index in [1.165, 1.54) is 10.2 Å². The molecule has 0 saturated heterocycles. The molecule has 0 radical (unpaired) electrons. The van der Waals surface area contributed by atoms with Crippen molar-refractivity contribution in [2.45, 2.75) is 32.4 Å². The molecule has 0 fully saturated rings. The number of fused-ring (bicyclic) bond motifs is 1. The van der Waals surface area contributed by atoms with Crippen molar-refractivity contribution in [3.63, 3.8) is 0 Å². The molecule has 2 heterocycles. The fraction of sp³-hybridized carbons (Fsp3) is 0.412. The number of hydrogen-bond donors (Lipinski definition) is 1. The Labute approximate surface area is 140 Å². The molecule has 1 aromatic heterocycles. The molecule has 7 nitrogen and oxygen atoms in total. The van der Waals surface area contributed by atoms with Crippen LogP contribution in [0, 0.1) is 0 Å². The van der Waals surface area contributed by atoms with Gasteiger partial charge in [0.25, 0.3) is 0 Å². The van der Waals surface area contributed by atoms with Crippen molar-refractivity contribution in [3.8, 4) is 0 Å². The molecule has 0 saturated carbocycles. The zero-order valence-electron chi connectivity index (χ0n) is 13.7. The first-order chi connectivity index (χ1) is 11.7. The second kappa shape index (κ2) is 7.25. The minimum absolute atomic E-state index is 0.0123. The highest BCUT2D eigenvalue weighted by atomic mass is 16.2. The van der Waals surface area contributed by atoms with Gasteiger partial charge in [-0.15, -0.1) is 5.10 Å². The Balaban J connectivity index is 1.81. The molecule has 24 heavy (non-hydrogen) atoms. The number of benzene rings is 1. The van der Waals surface area contributed by atoms with E-state index in [2.05, 4.69) is 21.7 Å². The average molecular weight is 327 g/mol. The Morgan fingerprint density at radius 1 is 1.33 bits per heavy atom. The van der Waals surface area contributed by atoms with Gasteiger partial charge in [-0.3, -0.25) is 9.59 Å². The Bertz CT molecular complexity index is 714. The van der Waals surface area contributed by atoms with Crippen molar-refractivity contribution >= 4 is 11.8 Å². The zero-order chi connectivity index (χ0) is 16.9. The summed E-state index contributed by atoms with van der Waals surface area (Å²) in [5.74, 6) is -0.0347. The van der Waals surface area contributed by atoms with Gasteiger partial charge < -0.3 is 10.2 Å². The van der Waals surface area contributed by atoms with Crippen molar-refractivity contribution in [1.29, 1.82) is 0 Å². The summed E-state index contributed by atoms with van der Waals surface area (Å²) in [6, 6.07) is 7.95. The lowest BCUT2D eigenvalue weighted by Crippen LogP contribution is -2.46. The Hall–Kier alpha value is -2.70. The van der Waals surface area contributed by atoms with Crippen LogP contribution in [0.15, 0.2) is 36.7 Å². The van der Waals surface area contributed by atoms with Crippen LogP contribution in [0.3, 0.4) is 0 Å². The lowest BCUT2D eigenvalue weighted by Gasteiger charge is -2.37. The molecule has 0 aliphatic carbocycles. The molecular weight excluding hydrogens is 306 g/mol. The molecule has 1 aliphatic rings. The van der Waals surface area contributed by atoms with E-state index in [4.69, 9.17) is 0 Å². The third-order valence-corrected chi connectivity index (χ3v) is 4.32. The van der Waals surface area contributed by atoms with Gasteiger partial charge in [0, 0.05) is 25.7 Å². The molecule has 2 aromatic rings. The Morgan fingerprint density at radius 2 is 2.17 bits per heavy atom. The van der Waals surface area contributed by atoms with E-state index in [-0.39, 0.29) is 24.4 Å². The van der Waals surface area contributed by atoms with Crippen molar-refractivity contribution in [2.75, 3.05) is 13.1 Å². The van der Waals surface area contributed by atoms with Crippen LogP contribution in [0.25, 0.3) is 0 Å². The quantitative estimate of drug-likeness (QED) is 0.886. The predicted octanol–water partition coefficient (Wildman–Crippen LogP) is 0.930. The standard InChI is InChI=1S/C17H21N5O2/c1-2-16(23)18-11-15-14-6-4-3-5-13(14)7-9-22(15)17(24)12-21-10-8-19-20-21/h3-6,8,10,15H,2,7,9,11-12H2,1H3,(H,18,23). The van der Waals surface area contributed by atoms with Gasteiger partial charge in [-0.25, -0.2) is 4.68 Å². The summed E-state index contributed by atoms with van der Waals surface area (Å²) in [6.45, 7) is 3.03. The summed E-state index contributed by atoms with van der Waals surface area (Å²) in [5, 5.41) is 10.5. The molecule has 7 heteroatoms. The van der Waals surface area contributed by atoms with Gasteiger partial charge in [0.2, 0.25) is 11.8 Å². The smallest absolute Gasteiger partial charge is 0.244 e. The maximum Gasteiger partial charge on any atom is 0.244 e. The van der Waals surface area contributed by atoms with Crippen molar-refractivity contribution in [1.82, 2.24) is 25.2 Å². The van der Waals surface area contributed by atoms with E-state index < -0.39 is 0 Å². The minimum Gasteiger partial charge on any atom is -0.354 e. The lowest BCUT2D eigenvalue weighted by molar-refractivity contribution is -0.135. The molecule has 126 valence electrons. The van der Waals surface area contributed by atoms with Gasteiger partial charge >= 0.3 is 0 Å². The fourth-order valence-electron chi connectivity index (χ4n) is 3.05. The van der Waals surface area contributed by atoms with Crippen LogP contribution in [-0.4, -0.2) is 44.8 Å². The first-order valence-electron chi connectivity index (χ1n) is 8.17. The second-order valence-corrected chi connectivity index (χ2v) is 5.81. The molecule has 1 N–H and O–H groups in total. The molecule has 2 amide bonds. The molecule has 3 rings (SSSR count). The lowest BCUT2D eigenvalue weighted by atomic mass is 9.92. The summed E-state index contributed by atoms with van der Waals surface area (Å²) in [6.07, 6.45) is 4.47. The second-order valence-electron chi connectivity index (χ2n) is 5.81. The highest BCUT2D eigenvalue weighted by Crippen LogP contribution is 2.29. The minimum atomic E-state index is -0.151. The van der Waals surface area contributed by atoms with Gasteiger partial charge in [0.15, 0.2) is 0 Å². The van der Waals surface area contributed by atoms with E-state index in [1.807, 2.05) is 30.0 Å². The maximum absolute atomic E-state index is 12.7. The SMILES string of the molecule is CCC(=O)NCC1c2ccccc2CCN1C(=O)Cn1ccnn1. The zero-order valence-corrected chi connectivity index (χ0v) is 13.7. The predicted molar refractivity (Wildman–Crippen MR) is 87.9 cm³/mol. The number of aromatic nitrogens is 3. The molecule has 1 aromatic carbocycles. The van der Waals surface area contributed by atoms with Crippen LogP contribution in [0.4, 0.5) is 0 Å². The van der Waals surface area contributed by atoms with E-state index in [0.717, 1.165) is 12.0 Å². The molecule has 0 spiro atoms. The first-order valence-corrected chi connectivity index (χ1v) is 8.17. The van der Waals surface area contributed by atoms with Gasteiger partial charge in [-0.2, -0.15) is 0 Å². The van der Waals surface area contributed by atoms with Crippen LogP contribution in [-0.2, 0) is 22.6 Å². The van der Waals surface area contributed by atoms with E-state index in [1.54, 1.807) is 12.4 Å². The van der Waals surface area contributed by atoms with Crippen LogP contribution in [0.1, 0.15) is 30.5 Å². The third-order valence-electron chi connectivity index (χ3n) is 4.32. The first kappa shape index (κ1) is 16.2. The number of carbonyl (C=O) groups excluding carboxylic acids is 2. The monoisotopic (exact) mass is 327 g/mol. The number of rotatable bonds is 5. The number of nitrogens with one attached hydrogen (secondary N) is 1. The fourth-order valence-corrected chi connectivity index (χ4v) is 3.05. The average Bonchev–Trinajstić information content (AvgIpc) is 3.12. The number of carbonyl (C=O) groups is 2. The Kier molecular flexibility index (Phi) is 4.88. The van der Waals surface area contributed by atoms with Crippen LogP contribution < -0.4 is 5.32 Å². The van der Waals surface area contributed by atoms with E-state index in [0.29, 0.717) is 19.5 Å². The van der Waals surface area contributed by atoms with Crippen LogP contribution in [0.5, 0.6) is 0 Å². The topological polar surface area (TPSA) is 80.1 Å².